The summed E-state index contributed by atoms with van der Waals surface area (Å²) in [7, 11) is 1.62. The molecule has 3 nitrogen and oxygen atoms in total. The molecule has 0 atom stereocenters. The van der Waals surface area contributed by atoms with Gasteiger partial charge in [-0.25, -0.2) is 0 Å². The van der Waals surface area contributed by atoms with Crippen molar-refractivity contribution in [3.8, 4) is 11.5 Å². The third-order valence-electron chi connectivity index (χ3n) is 3.36. The molecule has 0 fully saturated rings. The van der Waals surface area contributed by atoms with Gasteiger partial charge in [0.15, 0.2) is 11.5 Å². The molecule has 0 aliphatic heterocycles. The Kier molecular flexibility index (Phi) is 7.03. The molecule has 0 amide bonds. The Balaban J connectivity index is 2.10. The molecular formula is C18H21Cl2NO2. The van der Waals surface area contributed by atoms with Gasteiger partial charge in [-0.1, -0.05) is 42.3 Å². The summed E-state index contributed by atoms with van der Waals surface area (Å²) in [6.07, 6.45) is 1.08. The van der Waals surface area contributed by atoms with Crippen LogP contribution in [0.15, 0.2) is 36.4 Å². The molecule has 0 saturated heterocycles. The molecule has 1 N–H and O–H groups in total. The Bertz CT molecular complexity index is 647. The number of benzene rings is 2. The highest BCUT2D eigenvalue weighted by Gasteiger charge is 2.11. The van der Waals surface area contributed by atoms with E-state index in [9.17, 15) is 0 Å². The summed E-state index contributed by atoms with van der Waals surface area (Å²) in [5.74, 6) is 1.29. The van der Waals surface area contributed by atoms with Crippen molar-refractivity contribution in [2.24, 2.45) is 0 Å². The molecule has 0 aliphatic rings. The molecule has 5 heteroatoms. The minimum Gasteiger partial charge on any atom is -0.493 e. The molecule has 0 heterocycles. The number of methoxy groups -OCH3 is 1. The number of halogens is 2. The number of hydrogen-bond donors (Lipinski definition) is 1. The van der Waals surface area contributed by atoms with Crippen LogP contribution < -0.4 is 14.8 Å². The van der Waals surface area contributed by atoms with E-state index in [0.717, 1.165) is 24.1 Å². The molecule has 0 spiro atoms. The Morgan fingerprint density at radius 1 is 1.09 bits per heavy atom. The lowest BCUT2D eigenvalue weighted by Crippen LogP contribution is -2.14. The minimum atomic E-state index is 0.403. The highest BCUT2D eigenvalue weighted by molar-refractivity contribution is 6.31. The molecule has 124 valence electrons. The zero-order valence-corrected chi connectivity index (χ0v) is 14.9. The van der Waals surface area contributed by atoms with Gasteiger partial charge in [-0.15, -0.1) is 0 Å². The third kappa shape index (κ3) is 5.31. The number of ether oxygens (including phenoxy) is 2. The first-order valence-electron chi connectivity index (χ1n) is 7.58. The maximum atomic E-state index is 6.35. The molecule has 0 aliphatic carbocycles. The second kappa shape index (κ2) is 9.02. The topological polar surface area (TPSA) is 30.5 Å². The van der Waals surface area contributed by atoms with E-state index in [0.29, 0.717) is 34.7 Å². The van der Waals surface area contributed by atoms with Gasteiger partial charge in [-0.2, -0.15) is 0 Å². The van der Waals surface area contributed by atoms with Crippen molar-refractivity contribution in [3.63, 3.8) is 0 Å². The molecule has 23 heavy (non-hydrogen) atoms. The van der Waals surface area contributed by atoms with Crippen LogP contribution in [0.4, 0.5) is 0 Å². The third-order valence-corrected chi connectivity index (χ3v) is 3.95. The largest absolute Gasteiger partial charge is 0.493 e. The van der Waals surface area contributed by atoms with Gasteiger partial charge in [0, 0.05) is 22.7 Å². The van der Waals surface area contributed by atoms with E-state index in [4.69, 9.17) is 32.7 Å². The van der Waals surface area contributed by atoms with E-state index in [-0.39, 0.29) is 0 Å². The maximum absolute atomic E-state index is 6.35. The lowest BCUT2D eigenvalue weighted by atomic mass is 10.2. The van der Waals surface area contributed by atoms with Crippen LogP contribution in [0.25, 0.3) is 0 Å². The Morgan fingerprint density at radius 3 is 2.61 bits per heavy atom. The predicted molar refractivity (Wildman–Crippen MR) is 95.8 cm³/mol. The minimum absolute atomic E-state index is 0.403. The fourth-order valence-electron chi connectivity index (χ4n) is 2.17. The first-order chi connectivity index (χ1) is 11.1. The molecule has 0 bridgehead atoms. The summed E-state index contributed by atoms with van der Waals surface area (Å²) in [5, 5.41) is 4.68. The molecular weight excluding hydrogens is 333 g/mol. The highest BCUT2D eigenvalue weighted by Crippen LogP contribution is 2.34. The normalized spacial score (nSPS) is 10.6. The predicted octanol–water partition coefficient (Wildman–Crippen LogP) is 5.08. The molecule has 2 aromatic carbocycles. The van der Waals surface area contributed by atoms with Gasteiger partial charge in [-0.05, 0) is 42.3 Å². The van der Waals surface area contributed by atoms with Crippen molar-refractivity contribution < 1.29 is 9.47 Å². The van der Waals surface area contributed by atoms with Gasteiger partial charge in [0.05, 0.1) is 7.11 Å². The van der Waals surface area contributed by atoms with E-state index in [1.165, 1.54) is 0 Å². The van der Waals surface area contributed by atoms with E-state index < -0.39 is 0 Å². The van der Waals surface area contributed by atoms with Crippen LogP contribution in [0.2, 0.25) is 10.0 Å². The summed E-state index contributed by atoms with van der Waals surface area (Å²) >= 11 is 12.3. The van der Waals surface area contributed by atoms with Crippen molar-refractivity contribution in [1.29, 1.82) is 0 Å². The van der Waals surface area contributed by atoms with Crippen LogP contribution in [0.1, 0.15) is 24.5 Å². The van der Waals surface area contributed by atoms with Crippen molar-refractivity contribution in [2.45, 2.75) is 26.5 Å². The zero-order chi connectivity index (χ0) is 16.7. The number of hydrogen-bond acceptors (Lipinski definition) is 3. The Morgan fingerprint density at radius 2 is 1.91 bits per heavy atom. The van der Waals surface area contributed by atoms with E-state index in [1.54, 1.807) is 13.2 Å². The Hall–Kier alpha value is -1.42. The molecule has 2 rings (SSSR count). The number of nitrogens with one attached hydrogen (secondary N) is 1. The lowest BCUT2D eigenvalue weighted by molar-refractivity contribution is 0.284. The standard InChI is InChI=1S/C18H21Cl2NO2/c1-3-7-21-11-14-9-17(22-2)18(10-16(14)20)23-12-13-5-4-6-15(19)8-13/h4-6,8-10,21H,3,7,11-12H2,1-2H3. The average Bonchev–Trinajstić information content (AvgIpc) is 2.54. The van der Waals surface area contributed by atoms with E-state index >= 15 is 0 Å². The number of rotatable bonds is 8. The van der Waals surface area contributed by atoms with Crippen LogP contribution in [0, 0.1) is 0 Å². The van der Waals surface area contributed by atoms with E-state index in [1.807, 2.05) is 30.3 Å². The fraction of sp³-hybridized carbons (Fsp3) is 0.333. The van der Waals surface area contributed by atoms with Gasteiger partial charge in [0.25, 0.3) is 0 Å². The quantitative estimate of drug-likeness (QED) is 0.671. The molecule has 0 radical (unpaired) electrons. The van der Waals surface area contributed by atoms with Crippen LogP contribution in [-0.2, 0) is 13.2 Å². The van der Waals surface area contributed by atoms with Crippen molar-refractivity contribution in [1.82, 2.24) is 5.32 Å². The summed E-state index contributed by atoms with van der Waals surface area (Å²) in [6.45, 7) is 4.19. The first-order valence-corrected chi connectivity index (χ1v) is 8.34. The SMILES string of the molecule is CCCNCc1cc(OC)c(OCc2cccc(Cl)c2)cc1Cl. The summed E-state index contributed by atoms with van der Waals surface area (Å²) in [6, 6.07) is 11.3. The molecule has 0 saturated carbocycles. The van der Waals surface area contributed by atoms with Gasteiger partial charge >= 0.3 is 0 Å². The average molecular weight is 354 g/mol. The summed E-state index contributed by atoms with van der Waals surface area (Å²) in [4.78, 5) is 0. The van der Waals surface area contributed by atoms with Gasteiger partial charge in [0.1, 0.15) is 6.61 Å². The fourth-order valence-corrected chi connectivity index (χ4v) is 2.61. The maximum Gasteiger partial charge on any atom is 0.163 e. The lowest BCUT2D eigenvalue weighted by Gasteiger charge is -2.14. The van der Waals surface area contributed by atoms with E-state index in [2.05, 4.69) is 12.2 Å². The van der Waals surface area contributed by atoms with Gasteiger partial charge in [-0.3, -0.25) is 0 Å². The van der Waals surface area contributed by atoms with Crippen LogP contribution >= 0.6 is 23.2 Å². The van der Waals surface area contributed by atoms with Crippen LogP contribution in [-0.4, -0.2) is 13.7 Å². The van der Waals surface area contributed by atoms with Crippen LogP contribution in [0.3, 0.4) is 0 Å². The smallest absolute Gasteiger partial charge is 0.163 e. The zero-order valence-electron chi connectivity index (χ0n) is 13.4. The van der Waals surface area contributed by atoms with Crippen molar-refractivity contribution >= 4 is 23.2 Å². The second-order valence-electron chi connectivity index (χ2n) is 5.19. The molecule has 0 unspecified atom stereocenters. The van der Waals surface area contributed by atoms with Gasteiger partial charge in [0.2, 0.25) is 0 Å². The highest BCUT2D eigenvalue weighted by atomic mass is 35.5. The summed E-state index contributed by atoms with van der Waals surface area (Å²) < 4.78 is 11.3. The monoisotopic (exact) mass is 353 g/mol. The Labute approximate surface area is 147 Å². The van der Waals surface area contributed by atoms with Crippen molar-refractivity contribution in [3.05, 3.63) is 57.6 Å². The summed E-state index contributed by atoms with van der Waals surface area (Å²) in [5.41, 5.74) is 1.98. The molecule has 0 aromatic heterocycles. The van der Waals surface area contributed by atoms with Crippen LogP contribution in [0.5, 0.6) is 11.5 Å². The van der Waals surface area contributed by atoms with Gasteiger partial charge < -0.3 is 14.8 Å². The first kappa shape index (κ1) is 17.9. The van der Waals surface area contributed by atoms with Crippen molar-refractivity contribution in [2.75, 3.05) is 13.7 Å². The second-order valence-corrected chi connectivity index (χ2v) is 6.03. The molecule has 2 aromatic rings.